The molecule has 0 aromatic carbocycles. The highest BCUT2D eigenvalue weighted by molar-refractivity contribution is 7.10. The Bertz CT molecular complexity index is 814. The minimum atomic E-state index is -0.207. The van der Waals surface area contributed by atoms with Crippen LogP contribution in [0.1, 0.15) is 28.5 Å². The number of aromatic nitrogens is 3. The molecule has 2 aliphatic rings. The number of nitrogens with one attached hydrogen (secondary N) is 1. The number of hydrogen-bond acceptors (Lipinski definition) is 6. The largest absolute Gasteiger partial charge is 0.359 e. The van der Waals surface area contributed by atoms with Gasteiger partial charge in [-0.05, 0) is 18.4 Å². The number of carbonyl (C=O) groups is 1. The third-order valence-electron chi connectivity index (χ3n) is 4.68. The van der Waals surface area contributed by atoms with Gasteiger partial charge in [-0.2, -0.15) is 0 Å². The molecule has 0 radical (unpaired) electrons. The number of carbonyl (C=O) groups excluding carboxylic acids is 1. The number of amides is 1. The van der Waals surface area contributed by atoms with E-state index in [1.54, 1.807) is 13.1 Å². The zero-order valence-corrected chi connectivity index (χ0v) is 13.5. The van der Waals surface area contributed by atoms with Crippen LogP contribution in [0.15, 0.2) is 23.0 Å². The molecule has 120 valence electrons. The van der Waals surface area contributed by atoms with Crippen LogP contribution in [0.5, 0.6) is 0 Å². The number of anilines is 1. The van der Waals surface area contributed by atoms with Crippen LogP contribution in [0.25, 0.3) is 0 Å². The quantitative estimate of drug-likeness (QED) is 0.875. The second-order valence-electron chi connectivity index (χ2n) is 6.11. The summed E-state index contributed by atoms with van der Waals surface area (Å²) in [4.78, 5) is 26.2. The molecule has 0 aliphatic carbocycles. The molecule has 1 amide bonds. The second kappa shape index (κ2) is 5.45. The molecule has 0 spiro atoms. The van der Waals surface area contributed by atoms with Crippen LogP contribution in [0.4, 0.5) is 5.00 Å². The molecule has 1 fully saturated rings. The van der Waals surface area contributed by atoms with Gasteiger partial charge in [0.05, 0.1) is 0 Å². The molecule has 4 rings (SSSR count). The van der Waals surface area contributed by atoms with Crippen LogP contribution in [0.2, 0.25) is 0 Å². The van der Waals surface area contributed by atoms with Crippen molar-refractivity contribution in [1.29, 1.82) is 0 Å². The lowest BCUT2D eigenvalue weighted by atomic mass is 9.83. The van der Waals surface area contributed by atoms with E-state index in [0.717, 1.165) is 36.8 Å². The molecule has 0 saturated carbocycles. The second-order valence-corrected chi connectivity index (χ2v) is 6.84. The van der Waals surface area contributed by atoms with Gasteiger partial charge in [-0.15, -0.1) is 5.10 Å². The van der Waals surface area contributed by atoms with Gasteiger partial charge in [0, 0.05) is 55.9 Å². The summed E-state index contributed by atoms with van der Waals surface area (Å²) in [5.74, 6) is 0.498. The number of fused-ring (bicyclic) bond motifs is 4. The number of piperidine rings is 1. The fourth-order valence-electron chi connectivity index (χ4n) is 3.72. The molecule has 2 atom stereocenters. The summed E-state index contributed by atoms with van der Waals surface area (Å²) in [5.41, 5.74) is 1.57. The van der Waals surface area contributed by atoms with Gasteiger partial charge in [-0.3, -0.25) is 9.59 Å². The molecule has 2 aromatic rings. The Hall–Kier alpha value is -2.22. The van der Waals surface area contributed by atoms with Crippen LogP contribution in [-0.2, 0) is 6.54 Å². The minimum Gasteiger partial charge on any atom is -0.359 e. The van der Waals surface area contributed by atoms with Gasteiger partial charge in [0.15, 0.2) is 5.69 Å². The molecule has 2 unspecified atom stereocenters. The number of rotatable bonds is 2. The molecule has 23 heavy (non-hydrogen) atoms. The SMILES string of the molecule is CNC(=O)c1nnsc1N1CC2CC(C1)c1cccc(=O)n1C2. The average Bonchev–Trinajstić information content (AvgIpc) is 3.05. The molecular weight excluding hydrogens is 314 g/mol. The van der Waals surface area contributed by atoms with Gasteiger partial charge in [0.1, 0.15) is 5.00 Å². The van der Waals surface area contributed by atoms with E-state index in [-0.39, 0.29) is 11.5 Å². The van der Waals surface area contributed by atoms with Crippen molar-refractivity contribution in [3.05, 3.63) is 39.9 Å². The lowest BCUT2D eigenvalue weighted by Gasteiger charge is -2.43. The predicted molar refractivity (Wildman–Crippen MR) is 87.1 cm³/mol. The lowest BCUT2D eigenvalue weighted by molar-refractivity contribution is 0.0958. The van der Waals surface area contributed by atoms with Crippen molar-refractivity contribution < 1.29 is 4.79 Å². The van der Waals surface area contributed by atoms with E-state index < -0.39 is 0 Å². The first-order valence-corrected chi connectivity index (χ1v) is 8.44. The molecule has 2 aliphatic heterocycles. The zero-order chi connectivity index (χ0) is 16.0. The van der Waals surface area contributed by atoms with E-state index >= 15 is 0 Å². The van der Waals surface area contributed by atoms with E-state index in [9.17, 15) is 9.59 Å². The molecule has 1 saturated heterocycles. The Kier molecular flexibility index (Phi) is 3.41. The van der Waals surface area contributed by atoms with E-state index in [2.05, 4.69) is 19.8 Å². The average molecular weight is 331 g/mol. The van der Waals surface area contributed by atoms with Gasteiger partial charge in [-0.25, -0.2) is 0 Å². The molecule has 1 N–H and O–H groups in total. The summed E-state index contributed by atoms with van der Waals surface area (Å²) in [5, 5.41) is 7.41. The lowest BCUT2D eigenvalue weighted by Crippen LogP contribution is -2.47. The molecular formula is C15H17N5O2S. The highest BCUT2D eigenvalue weighted by Gasteiger charge is 2.36. The van der Waals surface area contributed by atoms with Gasteiger partial charge >= 0.3 is 0 Å². The van der Waals surface area contributed by atoms with Crippen molar-refractivity contribution in [3.63, 3.8) is 0 Å². The first kappa shape index (κ1) is 14.4. The highest BCUT2D eigenvalue weighted by atomic mass is 32.1. The van der Waals surface area contributed by atoms with Gasteiger partial charge in [-0.1, -0.05) is 10.6 Å². The van der Waals surface area contributed by atoms with Crippen molar-refractivity contribution in [2.75, 3.05) is 25.0 Å². The first-order valence-electron chi connectivity index (χ1n) is 7.66. The van der Waals surface area contributed by atoms with Crippen molar-refractivity contribution in [2.24, 2.45) is 5.92 Å². The number of nitrogens with zero attached hydrogens (tertiary/aromatic N) is 4. The minimum absolute atomic E-state index is 0.0798. The summed E-state index contributed by atoms with van der Waals surface area (Å²) in [6.45, 7) is 2.35. The Morgan fingerprint density at radius 3 is 3.04 bits per heavy atom. The summed E-state index contributed by atoms with van der Waals surface area (Å²) in [6, 6.07) is 5.49. The third-order valence-corrected chi connectivity index (χ3v) is 5.47. The van der Waals surface area contributed by atoms with E-state index in [0.29, 0.717) is 17.5 Å². The van der Waals surface area contributed by atoms with Crippen LogP contribution in [0, 0.1) is 5.92 Å². The fraction of sp³-hybridized carbons (Fsp3) is 0.467. The molecule has 8 heteroatoms. The van der Waals surface area contributed by atoms with Crippen LogP contribution >= 0.6 is 11.5 Å². The van der Waals surface area contributed by atoms with Gasteiger partial charge in [0.2, 0.25) is 0 Å². The fourth-order valence-corrected chi connectivity index (χ4v) is 4.40. The highest BCUT2D eigenvalue weighted by Crippen LogP contribution is 2.38. The molecule has 2 aromatic heterocycles. The van der Waals surface area contributed by atoms with Crippen LogP contribution < -0.4 is 15.8 Å². The zero-order valence-electron chi connectivity index (χ0n) is 12.7. The van der Waals surface area contributed by atoms with Crippen molar-refractivity contribution in [1.82, 2.24) is 19.5 Å². The topological polar surface area (TPSA) is 80.1 Å². The number of hydrogen-bond donors (Lipinski definition) is 1. The third kappa shape index (κ3) is 2.33. The first-order chi connectivity index (χ1) is 11.2. The Balaban J connectivity index is 1.68. The summed E-state index contributed by atoms with van der Waals surface area (Å²) in [6.07, 6.45) is 1.08. The van der Waals surface area contributed by atoms with E-state index in [4.69, 9.17) is 0 Å². The molecule has 7 nitrogen and oxygen atoms in total. The predicted octanol–water partition coefficient (Wildman–Crippen LogP) is 0.683. The molecule has 4 heterocycles. The van der Waals surface area contributed by atoms with E-state index in [1.807, 2.05) is 16.7 Å². The van der Waals surface area contributed by atoms with Crippen molar-refractivity contribution in [2.45, 2.75) is 18.9 Å². The Morgan fingerprint density at radius 1 is 1.35 bits per heavy atom. The van der Waals surface area contributed by atoms with Gasteiger partial charge < -0.3 is 14.8 Å². The van der Waals surface area contributed by atoms with Crippen LogP contribution in [0.3, 0.4) is 0 Å². The Morgan fingerprint density at radius 2 is 2.22 bits per heavy atom. The molecule has 2 bridgehead atoms. The smallest absolute Gasteiger partial charge is 0.274 e. The van der Waals surface area contributed by atoms with Crippen molar-refractivity contribution in [3.8, 4) is 0 Å². The summed E-state index contributed by atoms with van der Waals surface area (Å²) in [7, 11) is 1.60. The maximum absolute atomic E-state index is 12.1. The summed E-state index contributed by atoms with van der Waals surface area (Å²) >= 11 is 1.26. The normalized spacial score (nSPS) is 22.6. The standard InChI is InChI=1S/C15H17N5O2S/c1-16-14(22)13-15(23-18-17-13)19-6-9-5-10(8-19)11-3-2-4-12(21)20(11)7-9/h2-4,9-10H,5-8H2,1H3,(H,16,22). The maximum atomic E-state index is 12.1. The number of pyridine rings is 1. The van der Waals surface area contributed by atoms with Crippen molar-refractivity contribution >= 4 is 22.4 Å². The maximum Gasteiger partial charge on any atom is 0.274 e. The monoisotopic (exact) mass is 331 g/mol. The Labute approximate surface area is 137 Å². The van der Waals surface area contributed by atoms with E-state index in [1.165, 1.54) is 11.5 Å². The summed E-state index contributed by atoms with van der Waals surface area (Å²) < 4.78 is 5.86. The van der Waals surface area contributed by atoms with Crippen LogP contribution in [-0.4, -0.2) is 40.2 Å². The van der Waals surface area contributed by atoms with Gasteiger partial charge in [0.25, 0.3) is 11.5 Å².